The molecule has 6 nitrogen and oxygen atoms in total. The van der Waals surface area contributed by atoms with E-state index in [-0.39, 0.29) is 11.9 Å². The molecule has 1 saturated carbocycles. The van der Waals surface area contributed by atoms with E-state index in [1.54, 1.807) is 0 Å². The molecule has 1 aliphatic heterocycles. The highest BCUT2D eigenvalue weighted by Crippen LogP contribution is 2.17. The van der Waals surface area contributed by atoms with Crippen molar-refractivity contribution >= 4 is 11.9 Å². The molecule has 0 unspecified atom stereocenters. The van der Waals surface area contributed by atoms with Crippen molar-refractivity contribution in [3.63, 3.8) is 0 Å². The average molecular weight is 332 g/mol. The van der Waals surface area contributed by atoms with Gasteiger partial charge in [-0.1, -0.05) is 19.3 Å². The Kier molecular flexibility index (Phi) is 5.77. The van der Waals surface area contributed by atoms with Gasteiger partial charge in [-0.25, -0.2) is 4.79 Å². The van der Waals surface area contributed by atoms with Gasteiger partial charge in [-0.2, -0.15) is 0 Å². The minimum atomic E-state index is 0.0422. The Balaban J connectivity index is 1.47. The Morgan fingerprint density at radius 3 is 2.54 bits per heavy atom. The summed E-state index contributed by atoms with van der Waals surface area (Å²) in [4.78, 5) is 31.7. The number of carbonyl (C=O) groups excluding carboxylic acids is 2. The summed E-state index contributed by atoms with van der Waals surface area (Å²) in [7, 11) is 0. The number of rotatable bonds is 3. The predicted molar refractivity (Wildman–Crippen MR) is 92.7 cm³/mol. The lowest BCUT2D eigenvalue weighted by molar-refractivity contribution is -0.130. The van der Waals surface area contributed by atoms with E-state index in [0.29, 0.717) is 25.6 Å². The zero-order chi connectivity index (χ0) is 16.8. The quantitative estimate of drug-likeness (QED) is 0.890. The summed E-state index contributed by atoms with van der Waals surface area (Å²) in [5.74, 6) is 0.131. The first-order valence-corrected chi connectivity index (χ1v) is 9.18. The fourth-order valence-electron chi connectivity index (χ4n) is 3.63. The van der Waals surface area contributed by atoms with Crippen molar-refractivity contribution in [1.82, 2.24) is 20.1 Å². The van der Waals surface area contributed by atoms with E-state index in [4.69, 9.17) is 0 Å². The second-order valence-corrected chi connectivity index (χ2v) is 6.88. The number of hydrogen-bond acceptors (Lipinski definition) is 2. The molecule has 1 aliphatic carbocycles. The third-order valence-corrected chi connectivity index (χ3v) is 5.07. The largest absolute Gasteiger partial charge is 0.365 e. The van der Waals surface area contributed by atoms with E-state index in [0.717, 1.165) is 38.0 Å². The van der Waals surface area contributed by atoms with Crippen LogP contribution in [-0.2, 0) is 11.2 Å². The Morgan fingerprint density at radius 1 is 1.04 bits per heavy atom. The smallest absolute Gasteiger partial charge is 0.317 e. The van der Waals surface area contributed by atoms with Crippen LogP contribution in [-0.4, -0.2) is 58.9 Å². The van der Waals surface area contributed by atoms with Crippen LogP contribution in [0.15, 0.2) is 18.3 Å². The number of urea groups is 1. The van der Waals surface area contributed by atoms with Crippen LogP contribution in [0.3, 0.4) is 0 Å². The number of nitrogens with zero attached hydrogens (tertiary/aromatic N) is 2. The molecule has 2 N–H and O–H groups in total. The molecule has 0 aromatic carbocycles. The molecule has 0 atom stereocenters. The normalized spacial score (nSPS) is 19.8. The molecule has 132 valence electrons. The van der Waals surface area contributed by atoms with Crippen molar-refractivity contribution in [2.24, 2.45) is 0 Å². The second kappa shape index (κ2) is 8.22. The lowest BCUT2D eigenvalue weighted by Crippen LogP contribution is -2.47. The van der Waals surface area contributed by atoms with E-state index in [9.17, 15) is 9.59 Å². The molecule has 2 aliphatic rings. The molecule has 1 aromatic heterocycles. The van der Waals surface area contributed by atoms with Crippen LogP contribution in [0.4, 0.5) is 4.79 Å². The van der Waals surface area contributed by atoms with Gasteiger partial charge in [0.25, 0.3) is 0 Å². The zero-order valence-electron chi connectivity index (χ0n) is 14.3. The van der Waals surface area contributed by atoms with Crippen LogP contribution in [0.2, 0.25) is 0 Å². The number of amides is 3. The van der Waals surface area contributed by atoms with Crippen molar-refractivity contribution < 1.29 is 9.59 Å². The molecule has 0 radical (unpaired) electrons. The maximum absolute atomic E-state index is 12.5. The van der Waals surface area contributed by atoms with Crippen LogP contribution in [0.25, 0.3) is 0 Å². The van der Waals surface area contributed by atoms with Crippen molar-refractivity contribution in [2.45, 2.75) is 51.0 Å². The molecule has 0 bridgehead atoms. The van der Waals surface area contributed by atoms with E-state index < -0.39 is 0 Å². The van der Waals surface area contributed by atoms with E-state index in [2.05, 4.69) is 10.3 Å². The number of hydrogen-bond donors (Lipinski definition) is 2. The monoisotopic (exact) mass is 332 g/mol. The van der Waals surface area contributed by atoms with Gasteiger partial charge in [0, 0.05) is 44.1 Å². The van der Waals surface area contributed by atoms with E-state index >= 15 is 0 Å². The molecule has 0 spiro atoms. The standard InChI is InChI=1S/C18H28N4O2/c23-17(14-16-8-4-9-19-16)21-10-5-11-22(13-12-21)18(24)20-15-6-2-1-3-7-15/h4,8-9,15,19H,1-3,5-7,10-14H2,(H,20,24). The van der Waals surface area contributed by atoms with Crippen molar-refractivity contribution in [1.29, 1.82) is 0 Å². The molecule has 1 saturated heterocycles. The summed E-state index contributed by atoms with van der Waals surface area (Å²) < 4.78 is 0. The van der Waals surface area contributed by atoms with Gasteiger partial charge in [-0.3, -0.25) is 4.79 Å². The summed E-state index contributed by atoms with van der Waals surface area (Å²) in [5.41, 5.74) is 0.941. The molecule has 2 fully saturated rings. The topological polar surface area (TPSA) is 68.4 Å². The average Bonchev–Trinajstić information content (AvgIpc) is 2.96. The zero-order valence-corrected chi connectivity index (χ0v) is 14.3. The summed E-state index contributed by atoms with van der Waals surface area (Å²) in [5, 5.41) is 3.18. The van der Waals surface area contributed by atoms with Gasteiger partial charge >= 0.3 is 6.03 Å². The first-order chi connectivity index (χ1) is 11.7. The van der Waals surface area contributed by atoms with Gasteiger partial charge in [0.05, 0.1) is 6.42 Å². The van der Waals surface area contributed by atoms with Gasteiger partial charge in [-0.15, -0.1) is 0 Å². The van der Waals surface area contributed by atoms with Crippen LogP contribution in [0.5, 0.6) is 0 Å². The fourth-order valence-corrected chi connectivity index (χ4v) is 3.63. The summed E-state index contributed by atoms with van der Waals surface area (Å²) >= 11 is 0. The van der Waals surface area contributed by atoms with Gasteiger partial charge in [0.2, 0.25) is 5.91 Å². The van der Waals surface area contributed by atoms with Crippen LogP contribution >= 0.6 is 0 Å². The Morgan fingerprint density at radius 2 is 1.79 bits per heavy atom. The number of aromatic amines is 1. The molecular weight excluding hydrogens is 304 g/mol. The van der Waals surface area contributed by atoms with Crippen LogP contribution in [0.1, 0.15) is 44.2 Å². The number of nitrogens with one attached hydrogen (secondary N) is 2. The minimum absolute atomic E-state index is 0.0422. The number of carbonyl (C=O) groups is 2. The Hall–Kier alpha value is -1.98. The van der Waals surface area contributed by atoms with Gasteiger partial charge in [0.1, 0.15) is 0 Å². The third kappa shape index (κ3) is 4.52. The first-order valence-electron chi connectivity index (χ1n) is 9.18. The minimum Gasteiger partial charge on any atom is -0.365 e. The van der Waals surface area contributed by atoms with Gasteiger partial charge in [0.15, 0.2) is 0 Å². The molecular formula is C18H28N4O2. The lowest BCUT2D eigenvalue weighted by atomic mass is 9.96. The number of aromatic nitrogens is 1. The molecule has 2 heterocycles. The molecule has 1 aromatic rings. The Labute approximate surface area is 143 Å². The van der Waals surface area contributed by atoms with Crippen LogP contribution in [0, 0.1) is 0 Å². The number of H-pyrrole nitrogens is 1. The van der Waals surface area contributed by atoms with Gasteiger partial charge in [-0.05, 0) is 31.4 Å². The molecule has 3 rings (SSSR count). The van der Waals surface area contributed by atoms with E-state index in [1.807, 2.05) is 28.1 Å². The second-order valence-electron chi connectivity index (χ2n) is 6.88. The van der Waals surface area contributed by atoms with Crippen molar-refractivity contribution in [3.05, 3.63) is 24.0 Å². The molecule has 24 heavy (non-hydrogen) atoms. The predicted octanol–water partition coefficient (Wildman–Crippen LogP) is 2.13. The lowest BCUT2D eigenvalue weighted by Gasteiger charge is -2.27. The maximum Gasteiger partial charge on any atom is 0.317 e. The van der Waals surface area contributed by atoms with Crippen LogP contribution < -0.4 is 5.32 Å². The summed E-state index contributed by atoms with van der Waals surface area (Å²) in [6.45, 7) is 2.70. The maximum atomic E-state index is 12.5. The highest BCUT2D eigenvalue weighted by Gasteiger charge is 2.24. The Bertz CT molecular complexity index is 537. The first kappa shape index (κ1) is 16.9. The molecule has 3 amide bonds. The van der Waals surface area contributed by atoms with Crippen molar-refractivity contribution in [2.75, 3.05) is 26.2 Å². The van der Waals surface area contributed by atoms with Crippen molar-refractivity contribution in [3.8, 4) is 0 Å². The SMILES string of the molecule is O=C(Cc1ccc[nH]1)N1CCCN(C(=O)NC2CCCCC2)CC1. The highest BCUT2D eigenvalue weighted by atomic mass is 16.2. The highest BCUT2D eigenvalue weighted by molar-refractivity contribution is 5.79. The molecule has 6 heteroatoms. The van der Waals surface area contributed by atoms with E-state index in [1.165, 1.54) is 19.3 Å². The third-order valence-electron chi connectivity index (χ3n) is 5.07. The van der Waals surface area contributed by atoms with Gasteiger partial charge < -0.3 is 20.1 Å². The fraction of sp³-hybridized carbons (Fsp3) is 0.667. The summed E-state index contributed by atoms with van der Waals surface area (Å²) in [6, 6.07) is 4.21. The summed E-state index contributed by atoms with van der Waals surface area (Å²) in [6.07, 6.45) is 8.99.